The molecular weight excluding hydrogens is 352 g/mol. The van der Waals surface area contributed by atoms with E-state index < -0.39 is 11.4 Å². The van der Waals surface area contributed by atoms with Crippen LogP contribution in [-0.2, 0) is 16.1 Å². The summed E-state index contributed by atoms with van der Waals surface area (Å²) in [6.07, 6.45) is 5.57. The number of carbonyl (C=O) groups excluding carboxylic acids is 1. The fourth-order valence-electron chi connectivity index (χ4n) is 4.23. The van der Waals surface area contributed by atoms with E-state index in [4.69, 9.17) is 0 Å². The summed E-state index contributed by atoms with van der Waals surface area (Å²) in [5, 5.41) is 10.7. The van der Waals surface area contributed by atoms with Gasteiger partial charge in [0.05, 0.1) is 0 Å². The zero-order chi connectivity index (χ0) is 18.3. The standard InChI is InChI=1S/C18H24N4O3S/c1-2-26-17-19-5-12(6-20-17)7-21-8-14-9-22(15(23)13-3-4-13)11-18(14,10-21)16(24)25/h5-6,13-14H,2-4,7-11H2,1H3,(H,24,25)/t14-,18-/m0/s1. The zero-order valence-corrected chi connectivity index (χ0v) is 15.7. The Morgan fingerprint density at radius 2 is 2.00 bits per heavy atom. The molecule has 0 bridgehead atoms. The van der Waals surface area contributed by atoms with E-state index >= 15 is 0 Å². The molecule has 140 valence electrons. The van der Waals surface area contributed by atoms with Crippen LogP contribution in [0.5, 0.6) is 0 Å². The van der Waals surface area contributed by atoms with Crippen LogP contribution in [0.2, 0.25) is 0 Å². The number of likely N-dealkylation sites (tertiary alicyclic amines) is 2. The summed E-state index contributed by atoms with van der Waals surface area (Å²) in [5.41, 5.74) is 0.167. The predicted molar refractivity (Wildman–Crippen MR) is 96.6 cm³/mol. The first-order chi connectivity index (χ1) is 12.5. The van der Waals surface area contributed by atoms with Crippen molar-refractivity contribution in [3.63, 3.8) is 0 Å². The first-order valence-electron chi connectivity index (χ1n) is 9.20. The highest BCUT2D eigenvalue weighted by molar-refractivity contribution is 7.99. The monoisotopic (exact) mass is 376 g/mol. The lowest BCUT2D eigenvalue weighted by Crippen LogP contribution is -2.42. The molecule has 0 aromatic carbocycles. The van der Waals surface area contributed by atoms with Crippen molar-refractivity contribution in [2.24, 2.45) is 17.3 Å². The number of thioether (sulfide) groups is 1. The largest absolute Gasteiger partial charge is 0.481 e. The van der Waals surface area contributed by atoms with Crippen molar-refractivity contribution in [3.8, 4) is 0 Å². The Bertz CT molecular complexity index is 709. The van der Waals surface area contributed by atoms with Gasteiger partial charge in [0.2, 0.25) is 5.91 Å². The minimum atomic E-state index is -0.830. The van der Waals surface area contributed by atoms with Gasteiger partial charge in [-0.2, -0.15) is 0 Å². The van der Waals surface area contributed by atoms with Crippen molar-refractivity contribution >= 4 is 23.6 Å². The van der Waals surface area contributed by atoms with Crippen LogP contribution >= 0.6 is 11.8 Å². The number of nitrogens with zero attached hydrogens (tertiary/aromatic N) is 4. The molecular formula is C18H24N4O3S. The van der Waals surface area contributed by atoms with Gasteiger partial charge in [-0.15, -0.1) is 0 Å². The Morgan fingerprint density at radius 1 is 1.27 bits per heavy atom. The van der Waals surface area contributed by atoms with E-state index in [0.717, 1.165) is 29.3 Å². The van der Waals surface area contributed by atoms with Crippen LogP contribution in [0.15, 0.2) is 17.6 Å². The minimum Gasteiger partial charge on any atom is -0.481 e. The van der Waals surface area contributed by atoms with Crippen LogP contribution < -0.4 is 0 Å². The molecule has 3 heterocycles. The summed E-state index contributed by atoms with van der Waals surface area (Å²) in [6, 6.07) is 0. The molecule has 4 rings (SSSR count). The smallest absolute Gasteiger partial charge is 0.313 e. The molecule has 1 amide bonds. The number of amides is 1. The molecule has 0 spiro atoms. The first-order valence-corrected chi connectivity index (χ1v) is 10.2. The highest BCUT2D eigenvalue weighted by atomic mass is 32.2. The van der Waals surface area contributed by atoms with Crippen molar-refractivity contribution in [2.75, 3.05) is 31.9 Å². The topological polar surface area (TPSA) is 86.6 Å². The lowest BCUT2D eigenvalue weighted by atomic mass is 9.81. The molecule has 1 aromatic rings. The number of carbonyl (C=O) groups is 2. The second-order valence-electron chi connectivity index (χ2n) is 7.63. The molecule has 3 fully saturated rings. The van der Waals surface area contributed by atoms with Gasteiger partial charge in [-0.25, -0.2) is 9.97 Å². The third-order valence-corrected chi connectivity index (χ3v) is 6.46. The number of fused-ring (bicyclic) bond motifs is 1. The molecule has 2 aliphatic heterocycles. The molecule has 2 saturated heterocycles. The quantitative estimate of drug-likeness (QED) is 0.592. The molecule has 3 aliphatic rings. The zero-order valence-electron chi connectivity index (χ0n) is 14.9. The van der Waals surface area contributed by atoms with Crippen molar-refractivity contribution in [1.82, 2.24) is 19.8 Å². The van der Waals surface area contributed by atoms with Gasteiger partial charge < -0.3 is 10.0 Å². The number of aliphatic carboxylic acids is 1. The fraction of sp³-hybridized carbons (Fsp3) is 0.667. The molecule has 8 heteroatoms. The first kappa shape index (κ1) is 17.7. The summed E-state index contributed by atoms with van der Waals surface area (Å²) >= 11 is 1.60. The Morgan fingerprint density at radius 3 is 2.58 bits per heavy atom. The van der Waals surface area contributed by atoms with Gasteiger partial charge in [0, 0.05) is 62.5 Å². The van der Waals surface area contributed by atoms with E-state index in [-0.39, 0.29) is 17.7 Å². The average Bonchev–Trinajstić information content (AvgIpc) is 3.31. The summed E-state index contributed by atoms with van der Waals surface area (Å²) in [4.78, 5) is 37.1. The van der Waals surface area contributed by atoms with Crippen molar-refractivity contribution in [3.05, 3.63) is 18.0 Å². The third kappa shape index (κ3) is 3.20. The molecule has 1 aromatic heterocycles. The highest BCUT2D eigenvalue weighted by Crippen LogP contribution is 2.45. The van der Waals surface area contributed by atoms with Crippen LogP contribution in [0.4, 0.5) is 0 Å². The number of hydrogen-bond donors (Lipinski definition) is 1. The van der Waals surface area contributed by atoms with Gasteiger partial charge in [-0.05, 0) is 18.6 Å². The molecule has 2 atom stereocenters. The molecule has 7 nitrogen and oxygen atoms in total. The normalized spacial score (nSPS) is 28.3. The van der Waals surface area contributed by atoms with Crippen LogP contribution in [0.25, 0.3) is 0 Å². The lowest BCUT2D eigenvalue weighted by molar-refractivity contribution is -0.149. The number of hydrogen-bond acceptors (Lipinski definition) is 6. The van der Waals surface area contributed by atoms with E-state index in [1.165, 1.54) is 0 Å². The molecule has 1 saturated carbocycles. The van der Waals surface area contributed by atoms with Crippen LogP contribution in [0.3, 0.4) is 0 Å². The summed E-state index contributed by atoms with van der Waals surface area (Å²) in [5.74, 6) is 0.460. The SMILES string of the molecule is CCSc1ncc(CN2C[C@H]3CN(C(=O)C4CC4)C[C@@]3(C(=O)O)C2)cn1. The van der Waals surface area contributed by atoms with Crippen LogP contribution in [-0.4, -0.2) is 68.7 Å². The Balaban J connectivity index is 1.42. The van der Waals surface area contributed by atoms with Crippen molar-refractivity contribution in [1.29, 1.82) is 0 Å². The van der Waals surface area contributed by atoms with Gasteiger partial charge >= 0.3 is 5.97 Å². The predicted octanol–water partition coefficient (Wildman–Crippen LogP) is 1.34. The van der Waals surface area contributed by atoms with E-state index in [1.807, 2.05) is 12.4 Å². The summed E-state index contributed by atoms with van der Waals surface area (Å²) in [7, 11) is 0. The summed E-state index contributed by atoms with van der Waals surface area (Å²) in [6.45, 7) is 4.81. The summed E-state index contributed by atoms with van der Waals surface area (Å²) < 4.78 is 0. The Labute approximate surface area is 157 Å². The van der Waals surface area contributed by atoms with Crippen molar-refractivity contribution in [2.45, 2.75) is 31.5 Å². The second-order valence-corrected chi connectivity index (χ2v) is 8.86. The Kier molecular flexibility index (Phi) is 4.64. The van der Waals surface area contributed by atoms with Crippen LogP contribution in [0, 0.1) is 17.3 Å². The maximum absolute atomic E-state index is 12.4. The second kappa shape index (κ2) is 6.81. The van der Waals surface area contributed by atoms with Gasteiger partial charge in [-0.1, -0.05) is 18.7 Å². The lowest BCUT2D eigenvalue weighted by Gasteiger charge is -2.25. The third-order valence-electron chi connectivity index (χ3n) is 5.71. The van der Waals surface area contributed by atoms with Gasteiger partial charge in [0.15, 0.2) is 5.16 Å². The maximum Gasteiger partial charge on any atom is 0.313 e. The van der Waals surface area contributed by atoms with E-state index in [0.29, 0.717) is 32.7 Å². The maximum atomic E-state index is 12.4. The number of carboxylic acid groups (broad SMARTS) is 1. The van der Waals surface area contributed by atoms with E-state index in [1.54, 1.807) is 16.7 Å². The number of rotatable bonds is 6. The molecule has 26 heavy (non-hydrogen) atoms. The minimum absolute atomic E-state index is 0.00135. The molecule has 1 aliphatic carbocycles. The average molecular weight is 376 g/mol. The Hall–Kier alpha value is -1.67. The molecule has 1 N–H and O–H groups in total. The van der Waals surface area contributed by atoms with Gasteiger partial charge in [0.25, 0.3) is 0 Å². The number of aromatic nitrogens is 2. The van der Waals surface area contributed by atoms with E-state index in [2.05, 4.69) is 21.8 Å². The number of carboxylic acids is 1. The van der Waals surface area contributed by atoms with Crippen molar-refractivity contribution < 1.29 is 14.7 Å². The van der Waals surface area contributed by atoms with Gasteiger partial charge in [-0.3, -0.25) is 14.5 Å². The molecule has 0 unspecified atom stereocenters. The van der Waals surface area contributed by atoms with Crippen LogP contribution in [0.1, 0.15) is 25.3 Å². The molecule has 0 radical (unpaired) electrons. The van der Waals surface area contributed by atoms with E-state index in [9.17, 15) is 14.7 Å². The fourth-order valence-corrected chi connectivity index (χ4v) is 4.75. The highest BCUT2D eigenvalue weighted by Gasteiger charge is 2.59. The van der Waals surface area contributed by atoms with Gasteiger partial charge in [0.1, 0.15) is 5.41 Å².